The van der Waals surface area contributed by atoms with Crippen LogP contribution in [-0.2, 0) is 10.0 Å². The topological polar surface area (TPSA) is 67.9 Å². The highest BCUT2D eigenvalue weighted by molar-refractivity contribution is 7.89. The Morgan fingerprint density at radius 3 is 2.50 bits per heavy atom. The second-order valence-corrected chi connectivity index (χ2v) is 9.86. The third-order valence-corrected chi connectivity index (χ3v) is 7.66. The smallest absolute Gasteiger partial charge is 0.240 e. The number of sulfonamides is 1. The van der Waals surface area contributed by atoms with E-state index in [-0.39, 0.29) is 10.9 Å². The van der Waals surface area contributed by atoms with Crippen LogP contribution in [0.15, 0.2) is 40.6 Å². The van der Waals surface area contributed by atoms with E-state index < -0.39 is 10.0 Å². The van der Waals surface area contributed by atoms with E-state index in [1.807, 2.05) is 11.4 Å². The zero-order chi connectivity index (χ0) is 20.1. The summed E-state index contributed by atoms with van der Waals surface area (Å²) in [6, 6.07) is 8.77. The SMILES string of the molecule is COc1ccc(S(=O)(=O)NC[C@@H](c2cccs2)N2CCC(C)CC2)cc1OC. The van der Waals surface area contributed by atoms with Crippen molar-refractivity contribution in [3.8, 4) is 11.5 Å². The number of hydrogen-bond acceptors (Lipinski definition) is 6. The van der Waals surface area contributed by atoms with Crippen LogP contribution in [0.3, 0.4) is 0 Å². The van der Waals surface area contributed by atoms with Crippen molar-refractivity contribution in [2.45, 2.75) is 30.7 Å². The predicted molar refractivity (Wildman–Crippen MR) is 112 cm³/mol. The molecule has 0 spiro atoms. The summed E-state index contributed by atoms with van der Waals surface area (Å²) in [5.41, 5.74) is 0. The van der Waals surface area contributed by atoms with Gasteiger partial charge >= 0.3 is 0 Å². The van der Waals surface area contributed by atoms with Gasteiger partial charge in [0.1, 0.15) is 0 Å². The van der Waals surface area contributed by atoms with Crippen molar-refractivity contribution in [3.63, 3.8) is 0 Å². The van der Waals surface area contributed by atoms with Crippen molar-refractivity contribution in [3.05, 3.63) is 40.6 Å². The average molecular weight is 425 g/mol. The zero-order valence-electron chi connectivity index (χ0n) is 16.6. The van der Waals surface area contributed by atoms with Crippen molar-refractivity contribution >= 4 is 21.4 Å². The average Bonchev–Trinajstić information content (AvgIpc) is 3.23. The minimum Gasteiger partial charge on any atom is -0.493 e. The van der Waals surface area contributed by atoms with Gasteiger partial charge in [0.25, 0.3) is 0 Å². The molecule has 2 aromatic rings. The van der Waals surface area contributed by atoms with Crippen LogP contribution in [0.5, 0.6) is 11.5 Å². The number of methoxy groups -OCH3 is 2. The molecular formula is C20H28N2O4S2. The first kappa shape index (κ1) is 21.1. The van der Waals surface area contributed by atoms with Gasteiger partial charge in [-0.1, -0.05) is 13.0 Å². The molecule has 0 saturated carbocycles. The molecule has 0 amide bonds. The second kappa shape index (κ2) is 9.26. The number of nitrogens with one attached hydrogen (secondary N) is 1. The van der Waals surface area contributed by atoms with Crippen LogP contribution in [-0.4, -0.2) is 47.2 Å². The molecule has 1 atom stereocenters. The third kappa shape index (κ3) is 4.86. The lowest BCUT2D eigenvalue weighted by Crippen LogP contribution is -2.41. The van der Waals surface area contributed by atoms with Crippen molar-refractivity contribution in [1.82, 2.24) is 9.62 Å². The van der Waals surface area contributed by atoms with Gasteiger partial charge in [0.2, 0.25) is 10.0 Å². The Hall–Kier alpha value is -1.61. The van der Waals surface area contributed by atoms with Crippen molar-refractivity contribution in [2.24, 2.45) is 5.92 Å². The number of thiophene rings is 1. The first-order chi connectivity index (χ1) is 13.4. The molecule has 1 aromatic carbocycles. The fourth-order valence-corrected chi connectivity index (χ4v) is 5.40. The van der Waals surface area contributed by atoms with Gasteiger partial charge in [0.15, 0.2) is 11.5 Å². The van der Waals surface area contributed by atoms with Crippen LogP contribution in [0.25, 0.3) is 0 Å². The maximum absolute atomic E-state index is 12.9. The predicted octanol–water partition coefficient (Wildman–Crippen LogP) is 3.52. The molecule has 1 saturated heterocycles. The monoisotopic (exact) mass is 424 g/mol. The highest BCUT2D eigenvalue weighted by Crippen LogP contribution is 2.31. The summed E-state index contributed by atoms with van der Waals surface area (Å²) >= 11 is 1.67. The van der Waals surface area contributed by atoms with Crippen LogP contribution in [0, 0.1) is 5.92 Å². The lowest BCUT2D eigenvalue weighted by molar-refractivity contribution is 0.141. The summed E-state index contributed by atoms with van der Waals surface area (Å²) in [7, 11) is -0.646. The molecule has 3 rings (SSSR count). The van der Waals surface area contributed by atoms with Crippen LogP contribution in [0.2, 0.25) is 0 Å². The van der Waals surface area contributed by atoms with Crippen molar-refractivity contribution in [2.75, 3.05) is 33.9 Å². The molecular weight excluding hydrogens is 396 g/mol. The van der Waals surface area contributed by atoms with E-state index in [9.17, 15) is 8.42 Å². The fraction of sp³-hybridized carbons (Fsp3) is 0.500. The van der Waals surface area contributed by atoms with Gasteiger partial charge in [-0.05, 0) is 55.4 Å². The summed E-state index contributed by atoms with van der Waals surface area (Å²) in [6.07, 6.45) is 2.29. The molecule has 28 heavy (non-hydrogen) atoms. The Balaban J connectivity index is 1.77. The van der Waals surface area contributed by atoms with Gasteiger partial charge in [0.05, 0.1) is 25.2 Å². The standard InChI is InChI=1S/C20H28N2O4S2/c1-15-8-10-22(11-9-15)17(20-5-4-12-27-20)14-21-28(23,24)16-6-7-18(25-2)19(13-16)26-3/h4-7,12-13,15,17,21H,8-11,14H2,1-3H3/t17-/m0/s1. The summed E-state index contributed by atoms with van der Waals surface area (Å²) in [5, 5.41) is 2.04. The third-order valence-electron chi connectivity index (χ3n) is 5.26. The van der Waals surface area contributed by atoms with Crippen LogP contribution < -0.4 is 14.2 Å². The van der Waals surface area contributed by atoms with E-state index in [1.54, 1.807) is 17.4 Å². The van der Waals surface area contributed by atoms with Crippen LogP contribution in [0.1, 0.15) is 30.7 Å². The molecule has 154 valence electrons. The zero-order valence-corrected chi connectivity index (χ0v) is 18.2. The van der Waals surface area contributed by atoms with Gasteiger partial charge in [-0.3, -0.25) is 4.90 Å². The Bertz CT molecular complexity index is 860. The van der Waals surface area contributed by atoms with Crippen molar-refractivity contribution in [1.29, 1.82) is 0 Å². The Labute approximate surface area is 171 Å². The number of likely N-dealkylation sites (tertiary alicyclic amines) is 1. The first-order valence-electron chi connectivity index (χ1n) is 9.43. The van der Waals surface area contributed by atoms with Crippen LogP contribution in [0.4, 0.5) is 0 Å². The van der Waals surface area contributed by atoms with E-state index in [0.29, 0.717) is 18.0 Å². The molecule has 1 aliphatic rings. The number of nitrogens with zero attached hydrogens (tertiary/aromatic N) is 1. The number of ether oxygens (including phenoxy) is 2. The van der Waals surface area contributed by atoms with Gasteiger partial charge in [-0.25, -0.2) is 13.1 Å². The molecule has 1 N–H and O–H groups in total. The normalized spacial score (nSPS) is 17.4. The molecule has 1 aliphatic heterocycles. The van der Waals surface area contributed by atoms with Crippen LogP contribution >= 0.6 is 11.3 Å². The van der Waals surface area contributed by atoms with E-state index in [2.05, 4.69) is 22.6 Å². The Morgan fingerprint density at radius 2 is 1.89 bits per heavy atom. The molecule has 1 fully saturated rings. The summed E-state index contributed by atoms with van der Waals surface area (Å²) in [5.74, 6) is 1.62. The highest BCUT2D eigenvalue weighted by atomic mass is 32.2. The molecule has 0 bridgehead atoms. The molecule has 0 aliphatic carbocycles. The molecule has 1 aromatic heterocycles. The first-order valence-corrected chi connectivity index (χ1v) is 11.8. The van der Waals surface area contributed by atoms with Crippen molar-refractivity contribution < 1.29 is 17.9 Å². The summed E-state index contributed by atoms with van der Waals surface area (Å²) < 4.78 is 39.0. The maximum Gasteiger partial charge on any atom is 0.240 e. The lowest BCUT2D eigenvalue weighted by atomic mass is 9.97. The lowest BCUT2D eigenvalue weighted by Gasteiger charge is -2.36. The second-order valence-electron chi connectivity index (χ2n) is 7.12. The van der Waals surface area contributed by atoms with Gasteiger partial charge < -0.3 is 9.47 Å². The number of rotatable bonds is 8. The molecule has 6 nitrogen and oxygen atoms in total. The summed E-state index contributed by atoms with van der Waals surface area (Å²) in [6.45, 7) is 4.59. The van der Waals surface area contributed by atoms with Gasteiger partial charge in [-0.2, -0.15) is 0 Å². The minimum atomic E-state index is -3.66. The van der Waals surface area contributed by atoms with Gasteiger partial charge in [-0.15, -0.1) is 11.3 Å². The quantitative estimate of drug-likeness (QED) is 0.702. The molecule has 0 radical (unpaired) electrons. The van der Waals surface area contributed by atoms with E-state index in [4.69, 9.17) is 9.47 Å². The Kier molecular flexibility index (Phi) is 6.98. The number of benzene rings is 1. The highest BCUT2D eigenvalue weighted by Gasteiger charge is 2.27. The van der Waals surface area contributed by atoms with E-state index in [0.717, 1.165) is 31.8 Å². The number of hydrogen-bond donors (Lipinski definition) is 1. The fourth-order valence-electron chi connectivity index (χ4n) is 3.49. The molecule has 0 unspecified atom stereocenters. The summed E-state index contributed by atoms with van der Waals surface area (Å²) in [4.78, 5) is 3.75. The number of piperidine rings is 1. The minimum absolute atomic E-state index is 0.0439. The molecule has 2 heterocycles. The van der Waals surface area contributed by atoms with E-state index in [1.165, 1.54) is 31.2 Å². The van der Waals surface area contributed by atoms with Gasteiger partial charge in [0, 0.05) is 17.5 Å². The largest absolute Gasteiger partial charge is 0.493 e. The molecule has 8 heteroatoms. The maximum atomic E-state index is 12.9. The van der Waals surface area contributed by atoms with E-state index >= 15 is 0 Å². The Morgan fingerprint density at radius 1 is 1.18 bits per heavy atom.